The molecule has 2 fully saturated rings. The van der Waals surface area contributed by atoms with Gasteiger partial charge in [-0.05, 0) is 38.2 Å². The largest absolute Gasteiger partial charge is 0.341 e. The molecule has 1 aromatic heterocycles. The fourth-order valence-electron chi connectivity index (χ4n) is 2.97. The lowest BCUT2D eigenvalue weighted by Crippen LogP contribution is -2.36. The van der Waals surface area contributed by atoms with Gasteiger partial charge in [0.2, 0.25) is 11.9 Å². The van der Waals surface area contributed by atoms with E-state index in [0.717, 1.165) is 75.6 Å². The minimum atomic E-state index is 0.318. The molecule has 3 rings (SSSR count). The van der Waals surface area contributed by atoms with E-state index in [0.29, 0.717) is 11.8 Å². The van der Waals surface area contributed by atoms with E-state index in [2.05, 4.69) is 24.8 Å². The van der Waals surface area contributed by atoms with E-state index < -0.39 is 0 Å². The summed E-state index contributed by atoms with van der Waals surface area (Å²) in [5.41, 5.74) is 2.22. The summed E-state index contributed by atoms with van der Waals surface area (Å²) in [4.78, 5) is 25.9. The van der Waals surface area contributed by atoms with Crippen molar-refractivity contribution >= 4 is 11.9 Å². The minimum Gasteiger partial charge on any atom is -0.341 e. The molecule has 0 N–H and O–H groups in total. The van der Waals surface area contributed by atoms with Crippen molar-refractivity contribution in [1.82, 2.24) is 14.9 Å². The molecule has 5 nitrogen and oxygen atoms in total. The third-order valence-corrected chi connectivity index (χ3v) is 4.56. The summed E-state index contributed by atoms with van der Waals surface area (Å²) in [5, 5.41) is 0. The molecular weight excluding hydrogens is 276 g/mol. The maximum absolute atomic E-state index is 12.2. The topological polar surface area (TPSA) is 49.3 Å². The summed E-state index contributed by atoms with van der Waals surface area (Å²) in [6, 6.07) is 2.10. The molecule has 2 aliphatic rings. The summed E-state index contributed by atoms with van der Waals surface area (Å²) >= 11 is 0. The number of carbonyl (C=O) groups excluding carboxylic acids is 1. The molecule has 1 saturated carbocycles. The second-order valence-electron chi connectivity index (χ2n) is 6.30. The Morgan fingerprint density at radius 2 is 1.77 bits per heavy atom. The van der Waals surface area contributed by atoms with Crippen molar-refractivity contribution in [3.05, 3.63) is 17.5 Å². The standard InChI is InChI=1S/C17H26N4O/c1-3-14-12-15(4-2)19-17(18-14)21-9-5-8-20(10-11-21)16(22)13-6-7-13/h12-13H,3-11H2,1-2H3. The first-order valence-corrected chi connectivity index (χ1v) is 8.61. The van der Waals surface area contributed by atoms with Crippen molar-refractivity contribution in [3.63, 3.8) is 0 Å². The van der Waals surface area contributed by atoms with E-state index in [1.807, 2.05) is 4.90 Å². The van der Waals surface area contributed by atoms with Gasteiger partial charge in [0.25, 0.3) is 0 Å². The molecule has 1 aliphatic carbocycles. The lowest BCUT2D eigenvalue weighted by atomic mass is 10.2. The first-order valence-electron chi connectivity index (χ1n) is 8.61. The van der Waals surface area contributed by atoms with Gasteiger partial charge in [-0.3, -0.25) is 4.79 Å². The van der Waals surface area contributed by atoms with Gasteiger partial charge in [0.05, 0.1) is 0 Å². The molecule has 0 aromatic carbocycles. The number of aryl methyl sites for hydroxylation is 2. The highest BCUT2D eigenvalue weighted by Crippen LogP contribution is 2.31. The number of hydrogen-bond donors (Lipinski definition) is 0. The van der Waals surface area contributed by atoms with Crippen LogP contribution in [0, 0.1) is 5.92 Å². The normalized spacial score (nSPS) is 19.2. The predicted molar refractivity (Wildman–Crippen MR) is 86.9 cm³/mol. The van der Waals surface area contributed by atoms with E-state index in [4.69, 9.17) is 9.97 Å². The molecule has 1 aliphatic heterocycles. The Hall–Kier alpha value is -1.65. The van der Waals surface area contributed by atoms with E-state index >= 15 is 0 Å². The highest BCUT2D eigenvalue weighted by Gasteiger charge is 2.34. The van der Waals surface area contributed by atoms with Crippen LogP contribution in [-0.2, 0) is 17.6 Å². The molecule has 1 aromatic rings. The van der Waals surface area contributed by atoms with Gasteiger partial charge in [0.15, 0.2) is 0 Å². The van der Waals surface area contributed by atoms with Crippen LogP contribution in [0.15, 0.2) is 6.07 Å². The number of hydrogen-bond acceptors (Lipinski definition) is 4. The van der Waals surface area contributed by atoms with Crippen LogP contribution < -0.4 is 4.90 Å². The van der Waals surface area contributed by atoms with Crippen LogP contribution in [0.3, 0.4) is 0 Å². The third kappa shape index (κ3) is 3.39. The van der Waals surface area contributed by atoms with Crippen molar-refractivity contribution < 1.29 is 4.79 Å². The number of rotatable bonds is 4. The second kappa shape index (κ2) is 6.63. The minimum absolute atomic E-state index is 0.318. The molecule has 2 heterocycles. The van der Waals surface area contributed by atoms with Crippen molar-refractivity contribution in [2.45, 2.75) is 46.0 Å². The zero-order valence-corrected chi connectivity index (χ0v) is 13.7. The Kier molecular flexibility index (Phi) is 4.60. The van der Waals surface area contributed by atoms with E-state index in [-0.39, 0.29) is 0 Å². The molecule has 0 bridgehead atoms. The van der Waals surface area contributed by atoms with Gasteiger partial charge in [-0.1, -0.05) is 13.8 Å². The van der Waals surface area contributed by atoms with Gasteiger partial charge in [-0.2, -0.15) is 0 Å². The number of amides is 1. The number of aromatic nitrogens is 2. The van der Waals surface area contributed by atoms with Gasteiger partial charge in [-0.25, -0.2) is 9.97 Å². The molecular formula is C17H26N4O. The number of anilines is 1. The second-order valence-corrected chi connectivity index (χ2v) is 6.30. The van der Waals surface area contributed by atoms with Crippen molar-refractivity contribution in [2.24, 2.45) is 5.92 Å². The van der Waals surface area contributed by atoms with Crippen LogP contribution in [-0.4, -0.2) is 47.0 Å². The van der Waals surface area contributed by atoms with Crippen LogP contribution >= 0.6 is 0 Å². The average Bonchev–Trinajstić information content (AvgIpc) is 3.39. The van der Waals surface area contributed by atoms with E-state index in [1.165, 1.54) is 0 Å². The summed E-state index contributed by atoms with van der Waals surface area (Å²) in [6.45, 7) is 7.71. The highest BCUT2D eigenvalue weighted by molar-refractivity contribution is 5.81. The van der Waals surface area contributed by atoms with Crippen LogP contribution in [0.5, 0.6) is 0 Å². The lowest BCUT2D eigenvalue weighted by molar-refractivity contribution is -0.132. The molecule has 120 valence electrons. The van der Waals surface area contributed by atoms with E-state index in [1.54, 1.807) is 0 Å². The zero-order valence-electron chi connectivity index (χ0n) is 13.7. The molecule has 0 radical (unpaired) electrons. The Labute approximate surface area is 132 Å². The Balaban J connectivity index is 1.71. The first kappa shape index (κ1) is 15.3. The number of carbonyl (C=O) groups is 1. The molecule has 0 unspecified atom stereocenters. The summed E-state index contributed by atoms with van der Waals surface area (Å²) in [5.74, 6) is 1.52. The molecule has 0 atom stereocenters. The van der Waals surface area contributed by atoms with Gasteiger partial charge >= 0.3 is 0 Å². The average molecular weight is 302 g/mol. The monoisotopic (exact) mass is 302 g/mol. The predicted octanol–water partition coefficient (Wildman–Crippen LogP) is 2.05. The number of nitrogens with zero attached hydrogens (tertiary/aromatic N) is 4. The maximum Gasteiger partial charge on any atom is 0.225 e. The molecule has 5 heteroatoms. The molecule has 0 spiro atoms. The summed E-state index contributed by atoms with van der Waals surface area (Å²) in [6.07, 6.45) is 5.03. The summed E-state index contributed by atoms with van der Waals surface area (Å²) in [7, 11) is 0. The van der Waals surface area contributed by atoms with Gasteiger partial charge in [0, 0.05) is 43.5 Å². The fourth-order valence-corrected chi connectivity index (χ4v) is 2.97. The van der Waals surface area contributed by atoms with Crippen molar-refractivity contribution in [2.75, 3.05) is 31.1 Å². The van der Waals surface area contributed by atoms with Crippen molar-refractivity contribution in [1.29, 1.82) is 0 Å². The summed E-state index contributed by atoms with van der Waals surface area (Å²) < 4.78 is 0. The van der Waals surface area contributed by atoms with Gasteiger partial charge in [-0.15, -0.1) is 0 Å². The van der Waals surface area contributed by atoms with E-state index in [9.17, 15) is 4.79 Å². The Morgan fingerprint density at radius 3 is 2.36 bits per heavy atom. The van der Waals surface area contributed by atoms with Crippen LogP contribution in [0.25, 0.3) is 0 Å². The SMILES string of the molecule is CCc1cc(CC)nc(N2CCCN(C(=O)C3CC3)CC2)n1. The van der Waals surface area contributed by atoms with Gasteiger partial charge in [0.1, 0.15) is 0 Å². The van der Waals surface area contributed by atoms with Gasteiger partial charge < -0.3 is 9.80 Å². The van der Waals surface area contributed by atoms with Crippen LogP contribution in [0.4, 0.5) is 5.95 Å². The Bertz CT molecular complexity index is 519. The van der Waals surface area contributed by atoms with Crippen molar-refractivity contribution in [3.8, 4) is 0 Å². The molecule has 22 heavy (non-hydrogen) atoms. The zero-order chi connectivity index (χ0) is 15.5. The molecule has 1 saturated heterocycles. The molecule has 1 amide bonds. The highest BCUT2D eigenvalue weighted by atomic mass is 16.2. The third-order valence-electron chi connectivity index (χ3n) is 4.56. The first-order chi connectivity index (χ1) is 10.7. The van der Waals surface area contributed by atoms with Crippen LogP contribution in [0.1, 0.15) is 44.5 Å². The Morgan fingerprint density at radius 1 is 1.09 bits per heavy atom. The lowest BCUT2D eigenvalue weighted by Gasteiger charge is -2.22. The maximum atomic E-state index is 12.2. The quantitative estimate of drug-likeness (QED) is 0.854. The van der Waals surface area contributed by atoms with Crippen LogP contribution in [0.2, 0.25) is 0 Å². The smallest absolute Gasteiger partial charge is 0.225 e. The fraction of sp³-hybridized carbons (Fsp3) is 0.706.